The molecule has 0 heterocycles. The Morgan fingerprint density at radius 2 is 1.67 bits per heavy atom. The molecule has 1 rings (SSSR count). The fourth-order valence-electron chi connectivity index (χ4n) is 1.52. The van der Waals surface area contributed by atoms with Crippen molar-refractivity contribution in [3.8, 4) is 6.07 Å². The van der Waals surface area contributed by atoms with Crippen molar-refractivity contribution >= 4 is 15.9 Å². The molecule has 0 saturated heterocycles. The summed E-state index contributed by atoms with van der Waals surface area (Å²) in [6, 6.07) is 10.0. The summed E-state index contributed by atoms with van der Waals surface area (Å²) in [5.74, 6) is 0. The van der Waals surface area contributed by atoms with Crippen LogP contribution >= 0.6 is 15.9 Å². The van der Waals surface area contributed by atoms with E-state index < -0.39 is 0 Å². The van der Waals surface area contributed by atoms with Gasteiger partial charge < -0.3 is 0 Å². The molecule has 0 radical (unpaired) electrons. The molecule has 0 bridgehead atoms. The van der Waals surface area contributed by atoms with E-state index in [0.717, 1.165) is 17.3 Å². The number of aryl methyl sites for hydroxylation is 1. The zero-order valence-corrected chi connectivity index (χ0v) is 10.5. The molecule has 0 aromatic heterocycles. The van der Waals surface area contributed by atoms with Crippen molar-refractivity contribution in [2.24, 2.45) is 0 Å². The lowest BCUT2D eigenvalue weighted by atomic mass is 10.1. The summed E-state index contributed by atoms with van der Waals surface area (Å²) in [4.78, 5) is 0. The van der Waals surface area contributed by atoms with E-state index in [2.05, 4.69) is 34.1 Å². The summed E-state index contributed by atoms with van der Waals surface area (Å²) in [7, 11) is 0. The second-order valence-electron chi connectivity index (χ2n) is 3.66. The van der Waals surface area contributed by atoms with Crippen LogP contribution in [-0.4, -0.2) is 5.33 Å². The zero-order valence-electron chi connectivity index (χ0n) is 8.88. The van der Waals surface area contributed by atoms with Crippen LogP contribution in [0.3, 0.4) is 0 Å². The number of benzene rings is 1. The maximum absolute atomic E-state index is 8.65. The van der Waals surface area contributed by atoms with Crippen LogP contribution in [0.1, 0.15) is 36.8 Å². The molecule has 1 aromatic rings. The Hall–Kier alpha value is -0.810. The van der Waals surface area contributed by atoms with E-state index in [-0.39, 0.29) is 0 Å². The minimum Gasteiger partial charge on any atom is -0.192 e. The number of nitrogens with zero attached hydrogens (tertiary/aromatic N) is 1. The molecule has 0 aliphatic carbocycles. The van der Waals surface area contributed by atoms with Crippen LogP contribution in [0.5, 0.6) is 0 Å². The van der Waals surface area contributed by atoms with Crippen LogP contribution in [0.4, 0.5) is 0 Å². The highest BCUT2D eigenvalue weighted by atomic mass is 79.9. The first-order valence-electron chi connectivity index (χ1n) is 5.42. The van der Waals surface area contributed by atoms with E-state index in [9.17, 15) is 0 Å². The fourth-order valence-corrected chi connectivity index (χ4v) is 1.92. The van der Waals surface area contributed by atoms with Crippen molar-refractivity contribution in [2.75, 3.05) is 5.33 Å². The third-order valence-electron chi connectivity index (χ3n) is 2.43. The normalized spacial score (nSPS) is 9.87. The minimum absolute atomic E-state index is 0.748. The molecule has 0 atom stereocenters. The molecule has 80 valence electrons. The van der Waals surface area contributed by atoms with Gasteiger partial charge >= 0.3 is 0 Å². The molecule has 0 unspecified atom stereocenters. The molecule has 0 amide bonds. The first kappa shape index (κ1) is 12.3. The number of hydrogen-bond donors (Lipinski definition) is 0. The molecule has 0 fully saturated rings. The lowest BCUT2D eigenvalue weighted by Gasteiger charge is -2.01. The van der Waals surface area contributed by atoms with Crippen LogP contribution in [0.15, 0.2) is 24.3 Å². The summed E-state index contributed by atoms with van der Waals surface area (Å²) in [5.41, 5.74) is 2.09. The maximum atomic E-state index is 8.65. The van der Waals surface area contributed by atoms with Crippen LogP contribution in [0.25, 0.3) is 0 Å². The van der Waals surface area contributed by atoms with Gasteiger partial charge in [-0.2, -0.15) is 5.26 Å². The fraction of sp³-hybridized carbons (Fsp3) is 0.462. The van der Waals surface area contributed by atoms with Gasteiger partial charge in [0.2, 0.25) is 0 Å². The molecule has 15 heavy (non-hydrogen) atoms. The van der Waals surface area contributed by atoms with Gasteiger partial charge in [-0.15, -0.1) is 0 Å². The highest BCUT2D eigenvalue weighted by Crippen LogP contribution is 2.09. The van der Waals surface area contributed by atoms with Crippen molar-refractivity contribution in [3.05, 3.63) is 35.4 Å². The molecule has 0 N–H and O–H groups in total. The van der Waals surface area contributed by atoms with Gasteiger partial charge in [0.05, 0.1) is 11.6 Å². The predicted octanol–water partition coefficient (Wildman–Crippen LogP) is 4.06. The molecule has 0 aliphatic rings. The third kappa shape index (κ3) is 4.99. The van der Waals surface area contributed by atoms with Gasteiger partial charge in [-0.05, 0) is 37.0 Å². The lowest BCUT2D eigenvalue weighted by molar-refractivity contribution is 0.671. The summed E-state index contributed by atoms with van der Waals surface area (Å²) in [5, 5.41) is 9.76. The van der Waals surface area contributed by atoms with E-state index in [1.54, 1.807) is 0 Å². The van der Waals surface area contributed by atoms with Gasteiger partial charge in [-0.1, -0.05) is 40.9 Å². The number of hydrogen-bond acceptors (Lipinski definition) is 1. The summed E-state index contributed by atoms with van der Waals surface area (Å²) < 4.78 is 0. The SMILES string of the molecule is N#Cc1ccc(CCCCCCBr)cc1. The van der Waals surface area contributed by atoms with Crippen molar-refractivity contribution in [3.63, 3.8) is 0 Å². The Kier molecular flexibility index (Phi) is 6.11. The van der Waals surface area contributed by atoms with E-state index in [0.29, 0.717) is 0 Å². The lowest BCUT2D eigenvalue weighted by Crippen LogP contribution is -1.86. The van der Waals surface area contributed by atoms with Crippen molar-refractivity contribution in [1.82, 2.24) is 0 Å². The summed E-state index contributed by atoms with van der Waals surface area (Å²) in [6.45, 7) is 0. The molecule has 2 heteroatoms. The van der Waals surface area contributed by atoms with Gasteiger partial charge in [0, 0.05) is 5.33 Å². The molecule has 0 saturated carbocycles. The average Bonchev–Trinajstić information content (AvgIpc) is 2.30. The number of nitriles is 1. The second kappa shape index (κ2) is 7.48. The van der Waals surface area contributed by atoms with E-state index in [1.165, 1.54) is 31.2 Å². The summed E-state index contributed by atoms with van der Waals surface area (Å²) >= 11 is 3.43. The first-order chi connectivity index (χ1) is 7.36. The Balaban J connectivity index is 2.23. The average molecular weight is 266 g/mol. The van der Waals surface area contributed by atoms with Crippen LogP contribution in [0.2, 0.25) is 0 Å². The first-order valence-corrected chi connectivity index (χ1v) is 6.54. The quantitative estimate of drug-likeness (QED) is 0.562. The molecular weight excluding hydrogens is 250 g/mol. The van der Waals surface area contributed by atoms with E-state index in [4.69, 9.17) is 5.26 Å². The highest BCUT2D eigenvalue weighted by molar-refractivity contribution is 9.09. The summed E-state index contributed by atoms with van der Waals surface area (Å²) in [6.07, 6.45) is 6.26. The smallest absolute Gasteiger partial charge is 0.0991 e. The monoisotopic (exact) mass is 265 g/mol. The molecule has 1 nitrogen and oxygen atoms in total. The maximum Gasteiger partial charge on any atom is 0.0991 e. The number of rotatable bonds is 6. The van der Waals surface area contributed by atoms with E-state index >= 15 is 0 Å². The Morgan fingerprint density at radius 1 is 1.00 bits per heavy atom. The van der Waals surface area contributed by atoms with Gasteiger partial charge in [0.25, 0.3) is 0 Å². The molecular formula is C13H16BrN. The third-order valence-corrected chi connectivity index (χ3v) is 2.99. The number of halogens is 1. The van der Waals surface area contributed by atoms with Crippen molar-refractivity contribution < 1.29 is 0 Å². The van der Waals surface area contributed by atoms with Gasteiger partial charge in [0.15, 0.2) is 0 Å². The largest absolute Gasteiger partial charge is 0.192 e. The Labute approximate surface area is 100 Å². The number of alkyl halides is 1. The predicted molar refractivity (Wildman–Crippen MR) is 67.1 cm³/mol. The van der Waals surface area contributed by atoms with Crippen molar-refractivity contribution in [2.45, 2.75) is 32.1 Å². The second-order valence-corrected chi connectivity index (χ2v) is 4.45. The highest BCUT2D eigenvalue weighted by Gasteiger charge is 1.94. The van der Waals surface area contributed by atoms with Gasteiger partial charge in [-0.3, -0.25) is 0 Å². The molecule has 0 spiro atoms. The minimum atomic E-state index is 0.748. The van der Waals surface area contributed by atoms with Crippen LogP contribution in [0, 0.1) is 11.3 Å². The van der Waals surface area contributed by atoms with Crippen molar-refractivity contribution in [1.29, 1.82) is 5.26 Å². The standard InChI is InChI=1S/C13H16BrN/c14-10-4-2-1-3-5-12-6-8-13(11-15)9-7-12/h6-9H,1-5,10H2. The molecule has 0 aliphatic heterocycles. The van der Waals surface area contributed by atoms with Crippen LogP contribution < -0.4 is 0 Å². The van der Waals surface area contributed by atoms with E-state index in [1.807, 2.05) is 12.1 Å². The van der Waals surface area contributed by atoms with Crippen LogP contribution in [-0.2, 0) is 6.42 Å². The zero-order chi connectivity index (χ0) is 10.9. The van der Waals surface area contributed by atoms with Gasteiger partial charge in [-0.25, -0.2) is 0 Å². The van der Waals surface area contributed by atoms with Gasteiger partial charge in [0.1, 0.15) is 0 Å². The Bertz CT molecular complexity index is 310. The topological polar surface area (TPSA) is 23.8 Å². The Morgan fingerprint density at radius 3 is 2.27 bits per heavy atom. The number of unbranched alkanes of at least 4 members (excludes halogenated alkanes) is 3. The molecule has 1 aromatic carbocycles.